The summed E-state index contributed by atoms with van der Waals surface area (Å²) in [6.45, 7) is 4.03. The monoisotopic (exact) mass is 235 g/mol. The lowest BCUT2D eigenvalue weighted by Gasteiger charge is -2.05. The molecule has 0 aliphatic carbocycles. The summed E-state index contributed by atoms with van der Waals surface area (Å²) >= 11 is 0. The van der Waals surface area contributed by atoms with E-state index in [2.05, 4.69) is 5.32 Å². The van der Waals surface area contributed by atoms with E-state index >= 15 is 0 Å². The summed E-state index contributed by atoms with van der Waals surface area (Å²) in [6, 6.07) is 10.1. The lowest BCUT2D eigenvalue weighted by molar-refractivity contribution is -0.121. The van der Waals surface area contributed by atoms with Gasteiger partial charge < -0.3 is 10.1 Å². The van der Waals surface area contributed by atoms with Crippen LogP contribution < -0.4 is 5.32 Å². The molecule has 1 amide bonds. The van der Waals surface area contributed by atoms with E-state index in [9.17, 15) is 4.79 Å². The molecule has 17 heavy (non-hydrogen) atoms. The lowest BCUT2D eigenvalue weighted by Crippen LogP contribution is -2.24. The van der Waals surface area contributed by atoms with E-state index in [1.165, 1.54) is 5.56 Å². The second-order valence-corrected chi connectivity index (χ2v) is 3.99. The first-order chi connectivity index (χ1) is 8.33. The molecule has 1 aromatic rings. The Labute approximate surface area is 103 Å². The summed E-state index contributed by atoms with van der Waals surface area (Å²) in [5.74, 6) is 0.135. The number of nitrogens with one attached hydrogen (secondary N) is 1. The Morgan fingerprint density at radius 2 is 2.06 bits per heavy atom. The summed E-state index contributed by atoms with van der Waals surface area (Å²) in [7, 11) is 0. The van der Waals surface area contributed by atoms with Crippen LogP contribution in [0.5, 0.6) is 0 Å². The van der Waals surface area contributed by atoms with Crippen LogP contribution in [-0.2, 0) is 16.1 Å². The minimum atomic E-state index is 0.135. The second kappa shape index (κ2) is 8.76. The van der Waals surface area contributed by atoms with Crippen LogP contribution in [0.25, 0.3) is 0 Å². The molecule has 0 aliphatic rings. The van der Waals surface area contributed by atoms with Crippen molar-refractivity contribution in [2.24, 2.45) is 0 Å². The number of amides is 1. The molecule has 3 nitrogen and oxygen atoms in total. The Hall–Kier alpha value is -1.35. The van der Waals surface area contributed by atoms with E-state index in [1.807, 2.05) is 37.3 Å². The zero-order chi connectivity index (χ0) is 12.3. The van der Waals surface area contributed by atoms with Crippen LogP contribution in [0.2, 0.25) is 0 Å². The summed E-state index contributed by atoms with van der Waals surface area (Å²) in [5.41, 5.74) is 1.18. The van der Waals surface area contributed by atoms with Gasteiger partial charge in [0.05, 0.1) is 6.61 Å². The predicted octanol–water partition coefficient (Wildman–Crippen LogP) is 2.51. The fraction of sp³-hybridized carbons (Fsp3) is 0.500. The maximum Gasteiger partial charge on any atom is 0.219 e. The van der Waals surface area contributed by atoms with Crippen molar-refractivity contribution in [3.05, 3.63) is 35.9 Å². The van der Waals surface area contributed by atoms with Gasteiger partial charge in [-0.2, -0.15) is 0 Å². The van der Waals surface area contributed by atoms with Gasteiger partial charge in [-0.3, -0.25) is 4.79 Å². The van der Waals surface area contributed by atoms with Gasteiger partial charge in [0.2, 0.25) is 5.91 Å². The normalized spacial score (nSPS) is 10.2. The fourth-order valence-corrected chi connectivity index (χ4v) is 1.48. The SMILES string of the molecule is CCCC(=O)NCCCOCc1ccccc1. The van der Waals surface area contributed by atoms with Crippen LogP contribution >= 0.6 is 0 Å². The van der Waals surface area contributed by atoms with E-state index in [4.69, 9.17) is 4.74 Å². The first-order valence-electron chi connectivity index (χ1n) is 6.21. The topological polar surface area (TPSA) is 38.3 Å². The number of carbonyl (C=O) groups excluding carboxylic acids is 1. The standard InChI is InChI=1S/C14H21NO2/c1-2-7-14(16)15-10-6-11-17-12-13-8-4-3-5-9-13/h3-5,8-9H,2,6-7,10-12H2,1H3,(H,15,16). The molecule has 94 valence electrons. The fourth-order valence-electron chi connectivity index (χ4n) is 1.48. The first kappa shape index (κ1) is 13.7. The van der Waals surface area contributed by atoms with Gasteiger partial charge in [0.15, 0.2) is 0 Å². The molecule has 0 heterocycles. The molecule has 0 unspecified atom stereocenters. The van der Waals surface area contributed by atoms with Crippen molar-refractivity contribution in [3.63, 3.8) is 0 Å². The largest absolute Gasteiger partial charge is 0.377 e. The Bertz CT molecular complexity index is 311. The maximum absolute atomic E-state index is 11.1. The first-order valence-corrected chi connectivity index (χ1v) is 6.21. The minimum Gasteiger partial charge on any atom is -0.377 e. The highest BCUT2D eigenvalue weighted by Crippen LogP contribution is 2.00. The molecule has 3 heteroatoms. The van der Waals surface area contributed by atoms with Gasteiger partial charge in [0, 0.05) is 19.6 Å². The molecule has 0 bridgehead atoms. The number of benzene rings is 1. The van der Waals surface area contributed by atoms with Gasteiger partial charge in [0.25, 0.3) is 0 Å². The second-order valence-electron chi connectivity index (χ2n) is 3.99. The molecule has 0 saturated carbocycles. The molecule has 1 aromatic carbocycles. The van der Waals surface area contributed by atoms with Gasteiger partial charge in [-0.05, 0) is 18.4 Å². The maximum atomic E-state index is 11.1. The summed E-state index contributed by atoms with van der Waals surface area (Å²) in [5, 5.41) is 2.86. The molecular weight excluding hydrogens is 214 g/mol. The van der Waals surface area contributed by atoms with Gasteiger partial charge in [-0.1, -0.05) is 37.3 Å². The number of hydrogen-bond donors (Lipinski definition) is 1. The minimum absolute atomic E-state index is 0.135. The van der Waals surface area contributed by atoms with Crippen LogP contribution in [0.15, 0.2) is 30.3 Å². The third-order valence-corrected chi connectivity index (χ3v) is 2.38. The van der Waals surface area contributed by atoms with E-state index in [0.717, 1.165) is 12.8 Å². The van der Waals surface area contributed by atoms with Crippen molar-refractivity contribution in [1.29, 1.82) is 0 Å². The predicted molar refractivity (Wildman–Crippen MR) is 68.6 cm³/mol. The van der Waals surface area contributed by atoms with Crippen molar-refractivity contribution in [1.82, 2.24) is 5.32 Å². The Morgan fingerprint density at radius 3 is 2.76 bits per heavy atom. The molecular formula is C14H21NO2. The highest BCUT2D eigenvalue weighted by atomic mass is 16.5. The zero-order valence-electron chi connectivity index (χ0n) is 10.4. The van der Waals surface area contributed by atoms with E-state index in [-0.39, 0.29) is 5.91 Å². The zero-order valence-corrected chi connectivity index (χ0v) is 10.4. The van der Waals surface area contributed by atoms with E-state index < -0.39 is 0 Å². The van der Waals surface area contributed by atoms with Gasteiger partial charge in [-0.15, -0.1) is 0 Å². The van der Waals surface area contributed by atoms with Gasteiger partial charge in [-0.25, -0.2) is 0 Å². The molecule has 0 radical (unpaired) electrons. The quantitative estimate of drug-likeness (QED) is 0.703. The Balaban J connectivity index is 1.96. The van der Waals surface area contributed by atoms with Crippen LogP contribution in [-0.4, -0.2) is 19.1 Å². The molecule has 0 aromatic heterocycles. The number of ether oxygens (including phenoxy) is 1. The van der Waals surface area contributed by atoms with Crippen molar-refractivity contribution < 1.29 is 9.53 Å². The molecule has 1 N–H and O–H groups in total. The van der Waals surface area contributed by atoms with Crippen molar-refractivity contribution in [2.75, 3.05) is 13.2 Å². The summed E-state index contributed by atoms with van der Waals surface area (Å²) < 4.78 is 5.51. The average Bonchev–Trinajstić information content (AvgIpc) is 2.35. The third kappa shape index (κ3) is 6.74. The highest BCUT2D eigenvalue weighted by molar-refractivity contribution is 5.75. The molecule has 0 spiro atoms. The summed E-state index contributed by atoms with van der Waals surface area (Å²) in [4.78, 5) is 11.1. The summed E-state index contributed by atoms with van der Waals surface area (Å²) in [6.07, 6.45) is 2.38. The smallest absolute Gasteiger partial charge is 0.219 e. The number of rotatable bonds is 8. The average molecular weight is 235 g/mol. The van der Waals surface area contributed by atoms with E-state index in [0.29, 0.717) is 26.2 Å². The van der Waals surface area contributed by atoms with Crippen LogP contribution in [0, 0.1) is 0 Å². The van der Waals surface area contributed by atoms with Crippen LogP contribution in [0.4, 0.5) is 0 Å². The van der Waals surface area contributed by atoms with Crippen molar-refractivity contribution in [3.8, 4) is 0 Å². The van der Waals surface area contributed by atoms with Crippen molar-refractivity contribution >= 4 is 5.91 Å². The third-order valence-electron chi connectivity index (χ3n) is 2.38. The number of carbonyl (C=O) groups is 1. The van der Waals surface area contributed by atoms with Crippen molar-refractivity contribution in [2.45, 2.75) is 32.8 Å². The molecule has 0 aliphatic heterocycles. The molecule has 1 rings (SSSR count). The van der Waals surface area contributed by atoms with Crippen LogP contribution in [0.1, 0.15) is 31.7 Å². The van der Waals surface area contributed by atoms with E-state index in [1.54, 1.807) is 0 Å². The molecule has 0 saturated heterocycles. The Kier molecular flexibility index (Phi) is 7.07. The Morgan fingerprint density at radius 1 is 1.29 bits per heavy atom. The van der Waals surface area contributed by atoms with Crippen LogP contribution in [0.3, 0.4) is 0 Å². The van der Waals surface area contributed by atoms with Gasteiger partial charge in [0.1, 0.15) is 0 Å². The lowest BCUT2D eigenvalue weighted by atomic mass is 10.2. The van der Waals surface area contributed by atoms with Gasteiger partial charge >= 0.3 is 0 Å². The highest BCUT2D eigenvalue weighted by Gasteiger charge is 1.97. The number of hydrogen-bond acceptors (Lipinski definition) is 2. The molecule has 0 atom stereocenters. The molecule has 0 fully saturated rings.